The zero-order valence-electron chi connectivity index (χ0n) is 17.7. The molecule has 0 bridgehead atoms. The summed E-state index contributed by atoms with van der Waals surface area (Å²) in [6.45, 7) is 3.85. The molecule has 2 aromatic rings. The van der Waals surface area contributed by atoms with Gasteiger partial charge in [0.2, 0.25) is 11.7 Å². The maximum Gasteiger partial charge on any atom is 0.434 e. The Bertz CT molecular complexity index is 966. The number of carbonyl (C=O) groups excluding carboxylic acids is 3. The Labute approximate surface area is 180 Å². The summed E-state index contributed by atoms with van der Waals surface area (Å²) in [6, 6.07) is 7.67. The first-order chi connectivity index (χ1) is 14.8. The van der Waals surface area contributed by atoms with Crippen molar-refractivity contribution in [2.45, 2.75) is 58.0 Å². The molecule has 0 radical (unpaired) electrons. The molecular formula is C22H28N4O5. The fraction of sp³-hybridized carbons (Fsp3) is 0.500. The molecule has 0 spiro atoms. The van der Waals surface area contributed by atoms with Gasteiger partial charge in [0.05, 0.1) is 12.0 Å². The molecule has 1 aliphatic carbocycles. The van der Waals surface area contributed by atoms with Crippen LogP contribution in [0.5, 0.6) is 0 Å². The largest absolute Gasteiger partial charge is 0.434 e. The van der Waals surface area contributed by atoms with Crippen LogP contribution in [-0.2, 0) is 4.79 Å². The van der Waals surface area contributed by atoms with Crippen LogP contribution in [0.3, 0.4) is 0 Å². The molecule has 0 saturated heterocycles. The number of carbonyl (C=O) groups is 3. The van der Waals surface area contributed by atoms with Gasteiger partial charge >= 0.3 is 5.76 Å². The van der Waals surface area contributed by atoms with Gasteiger partial charge in [0, 0.05) is 11.6 Å². The fourth-order valence-corrected chi connectivity index (χ4v) is 3.92. The molecule has 1 saturated carbocycles. The average Bonchev–Trinajstić information content (AvgIpc) is 3.19. The van der Waals surface area contributed by atoms with Crippen LogP contribution in [0.15, 0.2) is 39.5 Å². The Morgan fingerprint density at radius 1 is 1.16 bits per heavy atom. The van der Waals surface area contributed by atoms with E-state index in [9.17, 15) is 19.2 Å². The van der Waals surface area contributed by atoms with Crippen molar-refractivity contribution >= 4 is 17.6 Å². The highest BCUT2D eigenvalue weighted by Crippen LogP contribution is 2.25. The van der Waals surface area contributed by atoms with Crippen LogP contribution in [0.1, 0.15) is 67.0 Å². The number of hydrogen-bond acceptors (Lipinski definition) is 6. The molecule has 9 nitrogen and oxygen atoms in total. The van der Waals surface area contributed by atoms with Gasteiger partial charge in [0.25, 0.3) is 11.8 Å². The summed E-state index contributed by atoms with van der Waals surface area (Å²) in [4.78, 5) is 49.7. The van der Waals surface area contributed by atoms with Crippen LogP contribution in [0.2, 0.25) is 0 Å². The number of aromatic amines is 1. The molecule has 1 aromatic heterocycles. The van der Waals surface area contributed by atoms with E-state index in [2.05, 4.69) is 20.8 Å². The van der Waals surface area contributed by atoms with E-state index in [-0.39, 0.29) is 29.7 Å². The second kappa shape index (κ2) is 10.2. The predicted molar refractivity (Wildman–Crippen MR) is 112 cm³/mol. The molecule has 3 atom stereocenters. The lowest BCUT2D eigenvalue weighted by Crippen LogP contribution is -2.52. The van der Waals surface area contributed by atoms with Crippen LogP contribution in [-0.4, -0.2) is 39.9 Å². The summed E-state index contributed by atoms with van der Waals surface area (Å²) in [5.41, 5.74) is 0.536. The van der Waals surface area contributed by atoms with Crippen molar-refractivity contribution in [1.82, 2.24) is 20.8 Å². The van der Waals surface area contributed by atoms with Gasteiger partial charge in [-0.2, -0.15) is 0 Å². The van der Waals surface area contributed by atoms with Gasteiger partial charge in [-0.1, -0.05) is 44.9 Å². The van der Waals surface area contributed by atoms with Crippen LogP contribution in [0.25, 0.3) is 0 Å². The molecule has 3 N–H and O–H groups in total. The van der Waals surface area contributed by atoms with Crippen LogP contribution in [0, 0.1) is 11.8 Å². The standard InChI is InChI=1S/C22H28N4O5/c1-13(2)12-17(18(27)21-25-26-22(30)31-21)24-20(29)15-10-6-7-11-16(15)23-19(28)14-8-4-3-5-9-14/h3-5,8-9,13,15-17H,6-7,10-12H2,1-2H3,(H,23,28)(H,24,29)(H,26,30)/t15-,16+,17-/m0/s1. The summed E-state index contributed by atoms with van der Waals surface area (Å²) in [5.74, 6) is -2.59. The number of Topliss-reactive ketones (excluding diaryl/α,β-unsaturated/α-hetero) is 1. The number of H-pyrrole nitrogens is 1. The number of amides is 2. The minimum absolute atomic E-state index is 0.111. The van der Waals surface area contributed by atoms with Crippen molar-refractivity contribution < 1.29 is 18.8 Å². The SMILES string of the molecule is CC(C)C[C@H](NC(=O)[C@H]1CCCC[C@H]1NC(=O)c1ccccc1)C(=O)c1n[nH]c(=O)o1. The number of nitrogens with zero attached hydrogens (tertiary/aromatic N) is 1. The van der Waals surface area contributed by atoms with Gasteiger partial charge in [0.1, 0.15) is 0 Å². The quantitative estimate of drug-likeness (QED) is 0.551. The van der Waals surface area contributed by atoms with Crippen molar-refractivity contribution in [3.8, 4) is 0 Å². The number of hydrogen-bond donors (Lipinski definition) is 3. The first-order valence-corrected chi connectivity index (χ1v) is 10.6. The highest BCUT2D eigenvalue weighted by molar-refractivity contribution is 5.99. The van der Waals surface area contributed by atoms with E-state index in [1.807, 2.05) is 19.9 Å². The monoisotopic (exact) mass is 428 g/mol. The third-order valence-electron chi connectivity index (χ3n) is 5.44. The highest BCUT2D eigenvalue weighted by atomic mass is 16.4. The zero-order chi connectivity index (χ0) is 22.4. The normalized spacial score (nSPS) is 19.6. The summed E-state index contributed by atoms with van der Waals surface area (Å²) in [6.07, 6.45) is 3.46. The molecule has 3 rings (SSSR count). The number of nitrogens with one attached hydrogen (secondary N) is 3. The lowest BCUT2D eigenvalue weighted by molar-refractivity contribution is -0.127. The zero-order valence-corrected chi connectivity index (χ0v) is 17.7. The molecule has 1 heterocycles. The van der Waals surface area contributed by atoms with Gasteiger partial charge in [0.15, 0.2) is 0 Å². The van der Waals surface area contributed by atoms with Gasteiger partial charge in [-0.15, -0.1) is 5.10 Å². The van der Waals surface area contributed by atoms with Crippen molar-refractivity contribution in [3.05, 3.63) is 52.3 Å². The molecular weight excluding hydrogens is 400 g/mol. The lowest BCUT2D eigenvalue weighted by Gasteiger charge is -2.32. The molecule has 1 aromatic carbocycles. The fourth-order valence-electron chi connectivity index (χ4n) is 3.92. The molecule has 166 valence electrons. The lowest BCUT2D eigenvalue weighted by atomic mass is 9.83. The van der Waals surface area contributed by atoms with Crippen molar-refractivity contribution in [2.75, 3.05) is 0 Å². The number of rotatable bonds is 8. The third-order valence-corrected chi connectivity index (χ3v) is 5.44. The summed E-state index contributed by atoms with van der Waals surface area (Å²) in [5, 5.41) is 11.5. The maximum atomic E-state index is 13.1. The van der Waals surface area contributed by atoms with Crippen LogP contribution < -0.4 is 16.4 Å². The first kappa shape index (κ1) is 22.5. The van der Waals surface area contributed by atoms with E-state index in [0.29, 0.717) is 24.8 Å². The second-order valence-electron chi connectivity index (χ2n) is 8.31. The van der Waals surface area contributed by atoms with E-state index < -0.39 is 23.5 Å². The van der Waals surface area contributed by atoms with Crippen molar-refractivity contribution in [2.24, 2.45) is 11.8 Å². The van der Waals surface area contributed by atoms with Crippen molar-refractivity contribution in [1.29, 1.82) is 0 Å². The summed E-state index contributed by atoms with van der Waals surface area (Å²) in [7, 11) is 0. The topological polar surface area (TPSA) is 134 Å². The summed E-state index contributed by atoms with van der Waals surface area (Å²) >= 11 is 0. The summed E-state index contributed by atoms with van der Waals surface area (Å²) < 4.78 is 4.78. The number of aromatic nitrogens is 2. The minimum atomic E-state index is -0.869. The van der Waals surface area contributed by atoms with E-state index in [0.717, 1.165) is 12.8 Å². The van der Waals surface area contributed by atoms with Crippen LogP contribution >= 0.6 is 0 Å². The Morgan fingerprint density at radius 3 is 2.52 bits per heavy atom. The number of benzene rings is 1. The van der Waals surface area contributed by atoms with Crippen LogP contribution in [0.4, 0.5) is 0 Å². The molecule has 31 heavy (non-hydrogen) atoms. The maximum absolute atomic E-state index is 13.1. The smallest absolute Gasteiger partial charge is 0.384 e. The van der Waals surface area contributed by atoms with Crippen molar-refractivity contribution in [3.63, 3.8) is 0 Å². The van der Waals surface area contributed by atoms with Gasteiger partial charge in [-0.25, -0.2) is 9.89 Å². The number of ketones is 1. The second-order valence-corrected chi connectivity index (χ2v) is 8.31. The van der Waals surface area contributed by atoms with E-state index in [4.69, 9.17) is 4.42 Å². The molecule has 2 amide bonds. The van der Waals surface area contributed by atoms with Gasteiger partial charge in [-0.3, -0.25) is 14.4 Å². The van der Waals surface area contributed by atoms with E-state index >= 15 is 0 Å². The molecule has 0 unspecified atom stereocenters. The third kappa shape index (κ3) is 5.90. The Morgan fingerprint density at radius 2 is 1.87 bits per heavy atom. The van der Waals surface area contributed by atoms with E-state index in [1.165, 1.54) is 0 Å². The van der Waals surface area contributed by atoms with Gasteiger partial charge < -0.3 is 15.1 Å². The molecule has 1 aliphatic rings. The first-order valence-electron chi connectivity index (χ1n) is 10.6. The average molecular weight is 428 g/mol. The molecule has 0 aliphatic heterocycles. The Hall–Kier alpha value is -3.23. The molecule has 9 heteroatoms. The Balaban J connectivity index is 1.71. The Kier molecular flexibility index (Phi) is 7.38. The van der Waals surface area contributed by atoms with Gasteiger partial charge in [-0.05, 0) is 37.3 Å². The molecule has 1 fully saturated rings. The predicted octanol–water partition coefficient (Wildman–Crippen LogP) is 2.07. The minimum Gasteiger partial charge on any atom is -0.384 e. The van der Waals surface area contributed by atoms with E-state index in [1.54, 1.807) is 24.3 Å². The highest BCUT2D eigenvalue weighted by Gasteiger charge is 2.35.